The van der Waals surface area contributed by atoms with E-state index in [1.54, 1.807) is 13.0 Å². The van der Waals surface area contributed by atoms with Crippen molar-refractivity contribution in [3.63, 3.8) is 0 Å². The molecule has 1 aromatic carbocycles. The highest BCUT2D eigenvalue weighted by Crippen LogP contribution is 2.27. The van der Waals surface area contributed by atoms with E-state index in [1.807, 2.05) is 0 Å². The van der Waals surface area contributed by atoms with E-state index in [2.05, 4.69) is 5.32 Å². The molecule has 0 saturated carbocycles. The van der Waals surface area contributed by atoms with Crippen LogP contribution in [0.2, 0.25) is 0 Å². The van der Waals surface area contributed by atoms with Crippen LogP contribution in [-0.2, 0) is 15.1 Å². The highest BCUT2D eigenvalue weighted by molar-refractivity contribution is 5.80. The van der Waals surface area contributed by atoms with Crippen LogP contribution >= 0.6 is 0 Å². The summed E-state index contributed by atoms with van der Waals surface area (Å²) in [5, 5.41) is 12.7. The molecule has 1 heterocycles. The van der Waals surface area contributed by atoms with Gasteiger partial charge in [-0.1, -0.05) is 19.1 Å². The molecule has 1 fully saturated rings. The lowest BCUT2D eigenvalue weighted by molar-refractivity contribution is -0.145. The number of nitrogens with one attached hydrogen (secondary N) is 1. The molecule has 0 aliphatic carbocycles. The average Bonchev–Trinajstić information content (AvgIpc) is 2.93. The van der Waals surface area contributed by atoms with Gasteiger partial charge in [-0.2, -0.15) is 0 Å². The summed E-state index contributed by atoms with van der Waals surface area (Å²) in [5.74, 6) is -1.43. The van der Waals surface area contributed by atoms with Crippen LogP contribution in [-0.4, -0.2) is 30.3 Å². The third kappa shape index (κ3) is 2.99. The molecule has 2 atom stereocenters. The van der Waals surface area contributed by atoms with Crippen molar-refractivity contribution in [3.8, 4) is 0 Å². The number of hydrogen-bond acceptors (Lipinski definition) is 3. The molecule has 2 N–H and O–H groups in total. The number of rotatable bonds is 6. The summed E-state index contributed by atoms with van der Waals surface area (Å²) in [6, 6.07) is 5.76. The SMILES string of the molecule is CCC(NCC1CCCO1)(C(=O)O)c1cccc(F)c1. The van der Waals surface area contributed by atoms with Gasteiger partial charge in [0, 0.05) is 13.2 Å². The van der Waals surface area contributed by atoms with Crippen LogP contribution in [0.3, 0.4) is 0 Å². The van der Waals surface area contributed by atoms with Crippen molar-refractivity contribution in [1.82, 2.24) is 5.32 Å². The Labute approximate surface area is 117 Å². The van der Waals surface area contributed by atoms with Gasteiger partial charge in [0.25, 0.3) is 0 Å². The Morgan fingerprint density at radius 3 is 2.95 bits per heavy atom. The number of carboxylic acid groups (broad SMARTS) is 1. The number of benzene rings is 1. The van der Waals surface area contributed by atoms with Crippen LogP contribution in [0.4, 0.5) is 4.39 Å². The van der Waals surface area contributed by atoms with Crippen molar-refractivity contribution in [1.29, 1.82) is 0 Å². The van der Waals surface area contributed by atoms with Crippen LogP contribution in [0.25, 0.3) is 0 Å². The topological polar surface area (TPSA) is 58.6 Å². The first-order valence-electron chi connectivity index (χ1n) is 6.94. The van der Waals surface area contributed by atoms with Gasteiger partial charge in [0.05, 0.1) is 6.10 Å². The average molecular weight is 281 g/mol. The Bertz CT molecular complexity index is 474. The summed E-state index contributed by atoms with van der Waals surface area (Å²) >= 11 is 0. The number of carboxylic acids is 1. The maximum absolute atomic E-state index is 13.4. The molecule has 1 saturated heterocycles. The normalized spacial score (nSPS) is 21.6. The molecule has 5 heteroatoms. The zero-order valence-corrected chi connectivity index (χ0v) is 11.6. The molecule has 110 valence electrons. The lowest BCUT2D eigenvalue weighted by Crippen LogP contribution is -2.51. The number of ether oxygens (including phenoxy) is 1. The smallest absolute Gasteiger partial charge is 0.328 e. The predicted molar refractivity (Wildman–Crippen MR) is 73.0 cm³/mol. The van der Waals surface area contributed by atoms with E-state index in [-0.39, 0.29) is 6.10 Å². The number of aliphatic carboxylic acids is 1. The molecule has 2 rings (SSSR count). The molecule has 1 aliphatic rings. The summed E-state index contributed by atoms with van der Waals surface area (Å²) in [7, 11) is 0. The molecule has 0 bridgehead atoms. The Balaban J connectivity index is 2.22. The first-order chi connectivity index (χ1) is 9.58. The summed E-state index contributed by atoms with van der Waals surface area (Å²) in [5.41, 5.74) is -0.834. The second-order valence-corrected chi connectivity index (χ2v) is 5.09. The molecule has 1 aromatic rings. The monoisotopic (exact) mass is 281 g/mol. The van der Waals surface area contributed by atoms with Gasteiger partial charge in [-0.3, -0.25) is 5.32 Å². The quantitative estimate of drug-likeness (QED) is 0.840. The van der Waals surface area contributed by atoms with Gasteiger partial charge < -0.3 is 9.84 Å². The molecule has 20 heavy (non-hydrogen) atoms. The summed E-state index contributed by atoms with van der Waals surface area (Å²) < 4.78 is 18.9. The first-order valence-corrected chi connectivity index (χ1v) is 6.94. The van der Waals surface area contributed by atoms with Gasteiger partial charge in [0.1, 0.15) is 11.4 Å². The first kappa shape index (κ1) is 14.9. The Hall–Kier alpha value is -1.46. The highest BCUT2D eigenvalue weighted by atomic mass is 19.1. The summed E-state index contributed by atoms with van der Waals surface area (Å²) in [6.07, 6.45) is 2.29. The Morgan fingerprint density at radius 1 is 1.60 bits per heavy atom. The molecule has 0 amide bonds. The van der Waals surface area contributed by atoms with Gasteiger partial charge in [-0.25, -0.2) is 9.18 Å². The van der Waals surface area contributed by atoms with E-state index in [4.69, 9.17) is 4.74 Å². The van der Waals surface area contributed by atoms with Crippen LogP contribution in [0, 0.1) is 5.82 Å². The van der Waals surface area contributed by atoms with Crippen LogP contribution in [0.1, 0.15) is 31.7 Å². The molecular weight excluding hydrogens is 261 g/mol. The molecule has 0 spiro atoms. The Morgan fingerprint density at radius 2 is 2.40 bits per heavy atom. The van der Waals surface area contributed by atoms with Crippen molar-refractivity contribution >= 4 is 5.97 Å². The second kappa shape index (κ2) is 6.33. The third-order valence-electron chi connectivity index (χ3n) is 3.87. The van der Waals surface area contributed by atoms with Crippen LogP contribution < -0.4 is 5.32 Å². The standard InChI is InChI=1S/C15H20FNO3/c1-2-15(14(18)19,11-5-3-6-12(16)9-11)17-10-13-7-4-8-20-13/h3,5-6,9,13,17H,2,4,7-8,10H2,1H3,(H,18,19). The lowest BCUT2D eigenvalue weighted by atomic mass is 9.87. The van der Waals surface area contributed by atoms with E-state index in [0.29, 0.717) is 18.5 Å². The number of hydrogen-bond donors (Lipinski definition) is 2. The summed E-state index contributed by atoms with van der Waals surface area (Å²) in [4.78, 5) is 11.7. The van der Waals surface area contributed by atoms with E-state index in [1.165, 1.54) is 18.2 Å². The number of carbonyl (C=O) groups is 1. The maximum atomic E-state index is 13.4. The van der Waals surface area contributed by atoms with Gasteiger partial charge in [0.15, 0.2) is 0 Å². The molecule has 2 unspecified atom stereocenters. The van der Waals surface area contributed by atoms with Gasteiger partial charge in [-0.05, 0) is 37.0 Å². The highest BCUT2D eigenvalue weighted by Gasteiger charge is 2.39. The van der Waals surface area contributed by atoms with E-state index < -0.39 is 17.3 Å². The summed E-state index contributed by atoms with van der Waals surface area (Å²) in [6.45, 7) is 2.96. The molecule has 0 aromatic heterocycles. The van der Waals surface area contributed by atoms with Gasteiger partial charge in [0.2, 0.25) is 0 Å². The predicted octanol–water partition coefficient (Wildman–Crippen LogP) is 2.28. The number of halogens is 1. The lowest BCUT2D eigenvalue weighted by Gasteiger charge is -2.31. The zero-order chi connectivity index (χ0) is 14.6. The molecule has 1 aliphatic heterocycles. The second-order valence-electron chi connectivity index (χ2n) is 5.09. The molecular formula is C15H20FNO3. The van der Waals surface area contributed by atoms with Crippen molar-refractivity contribution in [2.45, 2.75) is 37.8 Å². The van der Waals surface area contributed by atoms with Crippen molar-refractivity contribution in [3.05, 3.63) is 35.6 Å². The largest absolute Gasteiger partial charge is 0.480 e. The maximum Gasteiger partial charge on any atom is 0.328 e. The van der Waals surface area contributed by atoms with E-state index >= 15 is 0 Å². The third-order valence-corrected chi connectivity index (χ3v) is 3.87. The molecule has 4 nitrogen and oxygen atoms in total. The zero-order valence-electron chi connectivity index (χ0n) is 11.6. The van der Waals surface area contributed by atoms with Crippen molar-refractivity contribution < 1.29 is 19.0 Å². The molecule has 0 radical (unpaired) electrons. The van der Waals surface area contributed by atoms with Gasteiger partial charge >= 0.3 is 5.97 Å². The van der Waals surface area contributed by atoms with Gasteiger partial charge in [-0.15, -0.1) is 0 Å². The minimum absolute atomic E-state index is 0.0360. The fraction of sp³-hybridized carbons (Fsp3) is 0.533. The van der Waals surface area contributed by atoms with E-state index in [0.717, 1.165) is 19.4 Å². The minimum Gasteiger partial charge on any atom is -0.480 e. The minimum atomic E-state index is -1.27. The van der Waals surface area contributed by atoms with Crippen LogP contribution in [0.5, 0.6) is 0 Å². The van der Waals surface area contributed by atoms with Crippen molar-refractivity contribution in [2.24, 2.45) is 0 Å². The Kier molecular flexibility index (Phi) is 4.73. The van der Waals surface area contributed by atoms with E-state index in [9.17, 15) is 14.3 Å². The fourth-order valence-corrected chi connectivity index (χ4v) is 2.63. The van der Waals surface area contributed by atoms with Crippen LogP contribution in [0.15, 0.2) is 24.3 Å². The fourth-order valence-electron chi connectivity index (χ4n) is 2.63. The van der Waals surface area contributed by atoms with Crippen molar-refractivity contribution in [2.75, 3.05) is 13.2 Å².